The van der Waals surface area contributed by atoms with Gasteiger partial charge in [0.05, 0.1) is 0 Å². The smallest absolute Gasteiger partial charge is 0.352 e. The normalized spacial score (nSPS) is 12.6. The van der Waals surface area contributed by atoms with Gasteiger partial charge < -0.3 is 4.84 Å². The van der Waals surface area contributed by atoms with Gasteiger partial charge in [-0.3, -0.25) is 0 Å². The molecule has 0 unspecified atom stereocenters. The maximum atomic E-state index is 12.6. The minimum atomic E-state index is -0.375. The van der Waals surface area contributed by atoms with E-state index in [2.05, 4.69) is 52.0 Å². The zero-order valence-corrected chi connectivity index (χ0v) is 20.0. The highest BCUT2D eigenvalue weighted by Crippen LogP contribution is 2.36. The van der Waals surface area contributed by atoms with Crippen LogP contribution in [0.5, 0.6) is 0 Å². The molecule has 0 aliphatic heterocycles. The second kappa shape index (κ2) is 15.2. The monoisotopic (exact) mass is 415 g/mol. The van der Waals surface area contributed by atoms with Gasteiger partial charge in [-0.15, -0.1) is 0 Å². The van der Waals surface area contributed by atoms with E-state index in [1.165, 1.54) is 68.9 Å². The molecule has 0 atom stereocenters. The Morgan fingerprint density at radius 3 is 1.90 bits per heavy atom. The van der Waals surface area contributed by atoms with Crippen LogP contribution >= 0.6 is 0 Å². The third kappa shape index (κ3) is 9.93. The molecule has 0 aliphatic rings. The highest BCUT2D eigenvalue weighted by atomic mass is 16.7. The molecule has 0 amide bonds. The third-order valence-electron chi connectivity index (χ3n) is 6.32. The summed E-state index contributed by atoms with van der Waals surface area (Å²) in [5.74, 6) is 4.95. The predicted octanol–water partition coefficient (Wildman–Crippen LogP) is 7.69. The lowest BCUT2D eigenvalue weighted by Crippen LogP contribution is -2.27. The summed E-state index contributed by atoms with van der Waals surface area (Å²) in [4.78, 5) is 17.3. The topological polar surface area (TPSA) is 52.3 Å². The number of allylic oxidation sites excluding steroid dienone is 1. The van der Waals surface area contributed by atoms with Crippen LogP contribution in [-0.4, -0.2) is 5.97 Å². The second-order valence-corrected chi connectivity index (χ2v) is 9.22. The van der Waals surface area contributed by atoms with E-state index in [-0.39, 0.29) is 11.4 Å². The third-order valence-corrected chi connectivity index (χ3v) is 6.32. The van der Waals surface area contributed by atoms with E-state index in [0.717, 1.165) is 31.3 Å². The van der Waals surface area contributed by atoms with E-state index < -0.39 is 0 Å². The number of unbranched alkanes of at least 4 members (excludes halogenated alkanes) is 9. The lowest BCUT2D eigenvalue weighted by Gasteiger charge is -2.28. The van der Waals surface area contributed by atoms with Crippen molar-refractivity contribution >= 4 is 5.97 Å². The van der Waals surface area contributed by atoms with Crippen molar-refractivity contribution in [1.29, 1.82) is 0 Å². The molecule has 1 rings (SSSR count). The largest absolute Gasteiger partial charge is 0.370 e. The van der Waals surface area contributed by atoms with Crippen LogP contribution < -0.4 is 5.90 Å². The fraction of sp³-hybridized carbons (Fsp3) is 0.667. The van der Waals surface area contributed by atoms with Gasteiger partial charge in [0.1, 0.15) is 0 Å². The Bertz CT molecular complexity index is 619. The van der Waals surface area contributed by atoms with Crippen LogP contribution in [0, 0.1) is 5.41 Å². The molecule has 0 radical (unpaired) electrons. The van der Waals surface area contributed by atoms with Crippen LogP contribution in [0.2, 0.25) is 0 Å². The molecule has 3 nitrogen and oxygen atoms in total. The standard InChI is InChI=1S/C27H45NO2/c1-5-7-8-9-10-11-12-13-14-18-21-24(22-23-19-16-15-17-20-23)25(26(29)30-28)27(3,4)6-2/h15-17,19-20H,5-14,18,21-22,28H2,1-4H3. The van der Waals surface area contributed by atoms with Crippen molar-refractivity contribution in [1.82, 2.24) is 0 Å². The van der Waals surface area contributed by atoms with Crippen molar-refractivity contribution < 1.29 is 9.63 Å². The zero-order chi connectivity index (χ0) is 22.2. The van der Waals surface area contributed by atoms with Crippen LogP contribution in [0.25, 0.3) is 0 Å². The van der Waals surface area contributed by atoms with Crippen molar-refractivity contribution in [3.63, 3.8) is 0 Å². The summed E-state index contributed by atoms with van der Waals surface area (Å²) in [5.41, 5.74) is 2.93. The lowest BCUT2D eigenvalue weighted by atomic mass is 9.77. The van der Waals surface area contributed by atoms with E-state index in [1.54, 1.807) is 0 Å². The van der Waals surface area contributed by atoms with E-state index in [9.17, 15) is 4.79 Å². The van der Waals surface area contributed by atoms with Gasteiger partial charge in [-0.05, 0) is 36.7 Å². The molecule has 0 aromatic heterocycles. The van der Waals surface area contributed by atoms with Crippen molar-refractivity contribution in [2.45, 2.75) is 111 Å². The van der Waals surface area contributed by atoms with E-state index >= 15 is 0 Å². The molecular weight excluding hydrogens is 370 g/mol. The molecule has 1 aromatic carbocycles. The first kappa shape index (κ1) is 26.4. The van der Waals surface area contributed by atoms with Crippen LogP contribution in [0.15, 0.2) is 41.5 Å². The zero-order valence-electron chi connectivity index (χ0n) is 20.0. The van der Waals surface area contributed by atoms with Gasteiger partial charge in [-0.1, -0.05) is 121 Å². The van der Waals surface area contributed by atoms with E-state index in [4.69, 9.17) is 10.7 Å². The van der Waals surface area contributed by atoms with Gasteiger partial charge in [0, 0.05) is 5.57 Å². The Morgan fingerprint density at radius 1 is 0.867 bits per heavy atom. The molecular formula is C27H45NO2. The first-order chi connectivity index (χ1) is 14.5. The summed E-state index contributed by atoms with van der Waals surface area (Å²) >= 11 is 0. The molecule has 30 heavy (non-hydrogen) atoms. The number of benzene rings is 1. The van der Waals surface area contributed by atoms with Gasteiger partial charge in [0.15, 0.2) is 0 Å². The molecule has 0 saturated carbocycles. The van der Waals surface area contributed by atoms with Crippen LogP contribution in [0.3, 0.4) is 0 Å². The summed E-state index contributed by atoms with van der Waals surface area (Å²) in [6.45, 7) is 8.61. The maximum Gasteiger partial charge on any atom is 0.352 e. The molecule has 0 spiro atoms. The van der Waals surface area contributed by atoms with Gasteiger partial charge in [0.25, 0.3) is 0 Å². The van der Waals surface area contributed by atoms with Crippen molar-refractivity contribution in [3.05, 3.63) is 47.0 Å². The summed E-state index contributed by atoms with van der Waals surface area (Å²) < 4.78 is 0. The Morgan fingerprint density at radius 2 is 1.40 bits per heavy atom. The number of carbonyl (C=O) groups excluding carboxylic acids is 1. The minimum Gasteiger partial charge on any atom is -0.370 e. The highest BCUT2D eigenvalue weighted by molar-refractivity contribution is 5.90. The lowest BCUT2D eigenvalue weighted by molar-refractivity contribution is -0.140. The average Bonchev–Trinajstić information content (AvgIpc) is 2.75. The fourth-order valence-electron chi connectivity index (χ4n) is 4.10. The molecule has 3 heteroatoms. The molecule has 0 heterocycles. The quantitative estimate of drug-likeness (QED) is 0.171. The number of rotatable bonds is 16. The summed E-state index contributed by atoms with van der Waals surface area (Å²) in [7, 11) is 0. The number of hydrogen-bond donors (Lipinski definition) is 1. The van der Waals surface area contributed by atoms with Gasteiger partial charge in [-0.2, -0.15) is 5.90 Å². The first-order valence-electron chi connectivity index (χ1n) is 12.1. The molecule has 0 bridgehead atoms. The first-order valence-corrected chi connectivity index (χ1v) is 12.1. The maximum absolute atomic E-state index is 12.6. The number of carbonyl (C=O) groups is 1. The van der Waals surface area contributed by atoms with Crippen LogP contribution in [0.1, 0.15) is 110 Å². The molecule has 0 aliphatic carbocycles. The van der Waals surface area contributed by atoms with E-state index in [1.807, 2.05) is 6.07 Å². The second-order valence-electron chi connectivity index (χ2n) is 9.22. The SMILES string of the molecule is CCCCCCCCCCCCC(Cc1ccccc1)=C(C(=O)ON)C(C)(C)CC. The molecule has 170 valence electrons. The fourth-order valence-corrected chi connectivity index (χ4v) is 4.10. The Hall–Kier alpha value is -1.61. The van der Waals surface area contributed by atoms with Crippen molar-refractivity contribution in [2.24, 2.45) is 11.3 Å². The van der Waals surface area contributed by atoms with Crippen molar-refractivity contribution in [2.75, 3.05) is 0 Å². The Labute approximate surface area is 185 Å². The molecule has 2 N–H and O–H groups in total. The number of nitrogens with two attached hydrogens (primary N) is 1. The van der Waals surface area contributed by atoms with Crippen LogP contribution in [0.4, 0.5) is 0 Å². The molecule has 0 fully saturated rings. The Balaban J connectivity index is 2.71. The summed E-state index contributed by atoms with van der Waals surface area (Å²) in [5, 5.41) is 0. The summed E-state index contributed by atoms with van der Waals surface area (Å²) in [6, 6.07) is 10.4. The van der Waals surface area contributed by atoms with Gasteiger partial charge in [-0.25, -0.2) is 4.79 Å². The van der Waals surface area contributed by atoms with Crippen molar-refractivity contribution in [3.8, 4) is 0 Å². The highest BCUT2D eigenvalue weighted by Gasteiger charge is 2.31. The van der Waals surface area contributed by atoms with Crippen LogP contribution in [-0.2, 0) is 16.1 Å². The predicted molar refractivity (Wildman–Crippen MR) is 128 cm³/mol. The summed E-state index contributed by atoms with van der Waals surface area (Å²) in [6.07, 6.45) is 15.7. The van der Waals surface area contributed by atoms with Gasteiger partial charge >= 0.3 is 5.97 Å². The Kier molecular flexibility index (Phi) is 13.4. The molecule has 0 saturated heterocycles. The van der Waals surface area contributed by atoms with E-state index in [0.29, 0.717) is 0 Å². The van der Waals surface area contributed by atoms with Gasteiger partial charge in [0.2, 0.25) is 0 Å². The minimum absolute atomic E-state index is 0.251. The number of hydrogen-bond acceptors (Lipinski definition) is 3. The average molecular weight is 416 g/mol. The molecule has 1 aromatic rings.